The van der Waals surface area contributed by atoms with Crippen molar-refractivity contribution in [2.45, 2.75) is 46.1 Å². The van der Waals surface area contributed by atoms with Crippen LogP contribution >= 0.6 is 0 Å². The Hall–Kier alpha value is -3.02. The Labute approximate surface area is 158 Å². The number of benzene rings is 1. The van der Waals surface area contributed by atoms with Crippen LogP contribution in [-0.2, 0) is 19.4 Å². The molecular formula is C21H24N4O2. The maximum absolute atomic E-state index is 11.4. The summed E-state index contributed by atoms with van der Waals surface area (Å²) in [5, 5.41) is 14.0. The van der Waals surface area contributed by atoms with E-state index < -0.39 is 5.97 Å². The molecule has 0 spiro atoms. The number of carboxylic acids is 1. The lowest BCUT2D eigenvalue weighted by Crippen LogP contribution is -2.06. The van der Waals surface area contributed by atoms with E-state index in [1.165, 1.54) is 6.20 Å². The lowest BCUT2D eigenvalue weighted by Gasteiger charge is -2.08. The normalized spacial score (nSPS) is 10.9. The van der Waals surface area contributed by atoms with E-state index >= 15 is 0 Å². The maximum Gasteiger partial charge on any atom is 0.337 e. The highest BCUT2D eigenvalue weighted by atomic mass is 16.4. The number of aryl methyl sites for hydroxylation is 2. The molecule has 0 aliphatic rings. The smallest absolute Gasteiger partial charge is 0.337 e. The highest BCUT2D eigenvalue weighted by Crippen LogP contribution is 2.24. The quantitative estimate of drug-likeness (QED) is 0.653. The third-order valence-electron chi connectivity index (χ3n) is 4.38. The Morgan fingerprint density at radius 1 is 1.11 bits per heavy atom. The molecule has 0 saturated carbocycles. The van der Waals surface area contributed by atoms with Gasteiger partial charge in [0.1, 0.15) is 5.82 Å². The minimum absolute atomic E-state index is 0.206. The molecule has 140 valence electrons. The van der Waals surface area contributed by atoms with Gasteiger partial charge in [-0.1, -0.05) is 38.1 Å². The Morgan fingerprint density at radius 2 is 1.89 bits per heavy atom. The van der Waals surface area contributed by atoms with Crippen molar-refractivity contribution in [2.24, 2.45) is 0 Å². The molecule has 0 amide bonds. The summed E-state index contributed by atoms with van der Waals surface area (Å²) in [6, 6.07) is 9.67. The van der Waals surface area contributed by atoms with Crippen molar-refractivity contribution in [3.63, 3.8) is 0 Å². The molecule has 2 aromatic heterocycles. The number of carboxylic acid groups (broad SMARTS) is 1. The molecule has 0 atom stereocenters. The Balaban J connectivity index is 1.84. The zero-order chi connectivity index (χ0) is 19.2. The summed E-state index contributed by atoms with van der Waals surface area (Å²) >= 11 is 0. The van der Waals surface area contributed by atoms with Crippen LogP contribution in [0.2, 0.25) is 0 Å². The Kier molecular flexibility index (Phi) is 5.96. The summed E-state index contributed by atoms with van der Waals surface area (Å²) in [7, 11) is 0. The minimum atomic E-state index is -0.974. The summed E-state index contributed by atoms with van der Waals surface area (Å²) in [4.78, 5) is 20.0. The van der Waals surface area contributed by atoms with E-state index in [4.69, 9.17) is 4.98 Å². The van der Waals surface area contributed by atoms with Gasteiger partial charge in [0.2, 0.25) is 0 Å². The van der Waals surface area contributed by atoms with Crippen molar-refractivity contribution >= 4 is 5.97 Å². The van der Waals surface area contributed by atoms with Crippen molar-refractivity contribution in [1.29, 1.82) is 0 Å². The van der Waals surface area contributed by atoms with E-state index in [2.05, 4.69) is 23.9 Å². The van der Waals surface area contributed by atoms with Crippen LogP contribution in [0.4, 0.5) is 0 Å². The van der Waals surface area contributed by atoms with Gasteiger partial charge in [-0.05, 0) is 35.6 Å². The highest BCUT2D eigenvalue weighted by molar-refractivity contribution is 5.95. The number of hydrogen-bond acceptors (Lipinski definition) is 4. The van der Waals surface area contributed by atoms with Gasteiger partial charge in [0.25, 0.3) is 0 Å². The number of pyridine rings is 1. The number of aromatic nitrogens is 4. The molecule has 1 aromatic carbocycles. The van der Waals surface area contributed by atoms with Crippen molar-refractivity contribution in [1.82, 2.24) is 19.7 Å². The molecule has 6 nitrogen and oxygen atoms in total. The first-order valence-electron chi connectivity index (χ1n) is 9.31. The number of aromatic carboxylic acids is 1. The largest absolute Gasteiger partial charge is 0.478 e. The molecule has 0 saturated heterocycles. The zero-order valence-corrected chi connectivity index (χ0v) is 15.7. The zero-order valence-electron chi connectivity index (χ0n) is 15.7. The van der Waals surface area contributed by atoms with E-state index in [9.17, 15) is 9.90 Å². The standard InChI is InChI=1S/C21H24N4O2/c1-3-5-19-23-20(25(24-19)12-4-2)13-15-6-8-16(9-7-15)17-10-11-22-14-18(17)21(26)27/h6-11,14H,3-5,12-13H2,1-2H3,(H,26,27). The topological polar surface area (TPSA) is 80.9 Å². The van der Waals surface area contributed by atoms with Crippen molar-refractivity contribution in [3.05, 3.63) is 65.5 Å². The predicted molar refractivity (Wildman–Crippen MR) is 104 cm³/mol. The van der Waals surface area contributed by atoms with E-state index in [0.717, 1.165) is 48.6 Å². The molecule has 0 radical (unpaired) electrons. The first-order chi connectivity index (χ1) is 13.1. The second-order valence-electron chi connectivity index (χ2n) is 6.52. The molecule has 3 aromatic rings. The monoisotopic (exact) mass is 364 g/mol. The molecule has 0 aliphatic carbocycles. The lowest BCUT2D eigenvalue weighted by molar-refractivity contribution is 0.0697. The van der Waals surface area contributed by atoms with Crippen LogP contribution in [0.25, 0.3) is 11.1 Å². The van der Waals surface area contributed by atoms with Crippen LogP contribution < -0.4 is 0 Å². The van der Waals surface area contributed by atoms with Crippen molar-refractivity contribution < 1.29 is 9.90 Å². The fourth-order valence-electron chi connectivity index (χ4n) is 3.08. The van der Waals surface area contributed by atoms with Crippen molar-refractivity contribution in [2.75, 3.05) is 0 Å². The van der Waals surface area contributed by atoms with Crippen molar-refractivity contribution in [3.8, 4) is 11.1 Å². The third kappa shape index (κ3) is 4.39. The van der Waals surface area contributed by atoms with Gasteiger partial charge in [0.15, 0.2) is 5.82 Å². The molecule has 6 heteroatoms. The molecular weight excluding hydrogens is 340 g/mol. The first kappa shape index (κ1) is 18.8. The van der Waals surface area contributed by atoms with Crippen LogP contribution in [0.5, 0.6) is 0 Å². The highest BCUT2D eigenvalue weighted by Gasteiger charge is 2.13. The Bertz CT molecular complexity index is 916. The van der Waals surface area contributed by atoms with Crippen LogP contribution in [0.3, 0.4) is 0 Å². The molecule has 1 N–H and O–H groups in total. The van der Waals surface area contributed by atoms with Gasteiger partial charge < -0.3 is 5.11 Å². The molecule has 0 fully saturated rings. The summed E-state index contributed by atoms with van der Waals surface area (Å²) in [6.45, 7) is 5.13. The Morgan fingerprint density at radius 3 is 2.56 bits per heavy atom. The van der Waals surface area contributed by atoms with Gasteiger partial charge in [-0.15, -0.1) is 0 Å². The van der Waals surface area contributed by atoms with Crippen LogP contribution in [-0.4, -0.2) is 30.8 Å². The molecule has 3 rings (SSSR count). The van der Waals surface area contributed by atoms with Gasteiger partial charge in [0, 0.05) is 31.8 Å². The third-order valence-corrected chi connectivity index (χ3v) is 4.38. The van der Waals surface area contributed by atoms with Gasteiger partial charge in [-0.3, -0.25) is 4.98 Å². The second-order valence-corrected chi connectivity index (χ2v) is 6.52. The fourth-order valence-corrected chi connectivity index (χ4v) is 3.08. The van der Waals surface area contributed by atoms with Crippen LogP contribution in [0.15, 0.2) is 42.7 Å². The number of carbonyl (C=O) groups is 1. The van der Waals surface area contributed by atoms with Gasteiger partial charge in [-0.2, -0.15) is 5.10 Å². The fraction of sp³-hybridized carbons (Fsp3) is 0.333. The van der Waals surface area contributed by atoms with Gasteiger partial charge in [-0.25, -0.2) is 14.5 Å². The maximum atomic E-state index is 11.4. The molecule has 2 heterocycles. The summed E-state index contributed by atoms with van der Waals surface area (Å²) in [6.07, 6.45) is 6.64. The SMILES string of the molecule is CCCc1nc(Cc2ccc(-c3ccncc3C(=O)O)cc2)n(CCC)n1. The summed E-state index contributed by atoms with van der Waals surface area (Å²) in [5.41, 5.74) is 2.86. The summed E-state index contributed by atoms with van der Waals surface area (Å²) < 4.78 is 2.00. The first-order valence-corrected chi connectivity index (χ1v) is 9.31. The van der Waals surface area contributed by atoms with E-state index in [1.807, 2.05) is 28.9 Å². The molecule has 27 heavy (non-hydrogen) atoms. The average molecular weight is 364 g/mol. The molecule has 0 unspecified atom stereocenters. The molecule has 0 aliphatic heterocycles. The van der Waals surface area contributed by atoms with E-state index in [1.54, 1.807) is 12.3 Å². The second kappa shape index (κ2) is 8.58. The van der Waals surface area contributed by atoms with Gasteiger partial charge in [0.05, 0.1) is 5.56 Å². The summed E-state index contributed by atoms with van der Waals surface area (Å²) in [5.74, 6) is 0.905. The van der Waals surface area contributed by atoms with E-state index in [0.29, 0.717) is 12.0 Å². The molecule has 0 bridgehead atoms. The predicted octanol–water partition coefficient (Wildman–Crippen LogP) is 3.99. The lowest BCUT2D eigenvalue weighted by atomic mass is 10.00. The van der Waals surface area contributed by atoms with E-state index in [-0.39, 0.29) is 5.56 Å². The van der Waals surface area contributed by atoms with Crippen LogP contribution in [0, 0.1) is 0 Å². The minimum Gasteiger partial charge on any atom is -0.478 e. The number of rotatable bonds is 8. The van der Waals surface area contributed by atoms with Crippen LogP contribution in [0.1, 0.15) is 54.3 Å². The van der Waals surface area contributed by atoms with Gasteiger partial charge >= 0.3 is 5.97 Å². The average Bonchev–Trinajstić information content (AvgIpc) is 3.04. The number of hydrogen-bond donors (Lipinski definition) is 1. The number of nitrogens with zero attached hydrogens (tertiary/aromatic N) is 4.